The first kappa shape index (κ1) is 26.2. The molecule has 0 fully saturated rings. The molecule has 37 heavy (non-hydrogen) atoms. The van der Waals surface area contributed by atoms with Gasteiger partial charge in [-0.25, -0.2) is 17.8 Å². The molecule has 1 unspecified atom stereocenters. The van der Waals surface area contributed by atoms with E-state index in [4.69, 9.17) is 0 Å². The molecule has 0 saturated carbocycles. The Labute approximate surface area is 210 Å². The Hall–Kier alpha value is -3.82. The van der Waals surface area contributed by atoms with E-state index in [1.807, 2.05) is 0 Å². The smallest absolute Gasteiger partial charge is 0.291 e. The maximum absolute atomic E-state index is 14.7. The number of pyridine rings is 2. The largest absolute Gasteiger partial charge is 0.404 e. The van der Waals surface area contributed by atoms with E-state index < -0.39 is 33.0 Å². The van der Waals surface area contributed by atoms with Crippen LogP contribution in [0.15, 0.2) is 53.7 Å². The summed E-state index contributed by atoms with van der Waals surface area (Å²) >= 11 is 0. The predicted octanol–water partition coefficient (Wildman–Crippen LogP) is 5.20. The molecule has 0 spiro atoms. The molecule has 0 radical (unpaired) electrons. The number of aryl methyl sites for hydroxylation is 2. The van der Waals surface area contributed by atoms with Crippen LogP contribution in [0.3, 0.4) is 0 Å². The fraction of sp³-hybridized carbons (Fsp3) is 0.240. The first-order chi connectivity index (χ1) is 17.4. The molecule has 0 bridgehead atoms. The third-order valence-electron chi connectivity index (χ3n) is 5.92. The molecule has 7 nitrogen and oxygen atoms in total. The molecule has 0 aliphatic rings. The molecule has 0 aliphatic heterocycles. The summed E-state index contributed by atoms with van der Waals surface area (Å²) < 4.78 is 81.9. The van der Waals surface area contributed by atoms with Crippen molar-refractivity contribution < 1.29 is 26.0 Å². The van der Waals surface area contributed by atoms with E-state index in [-0.39, 0.29) is 22.5 Å². The summed E-state index contributed by atoms with van der Waals surface area (Å²) in [6, 6.07) is 8.98. The van der Waals surface area contributed by atoms with Crippen molar-refractivity contribution in [3.63, 3.8) is 0 Å². The van der Waals surface area contributed by atoms with Crippen LogP contribution in [0.5, 0.6) is 0 Å². The van der Waals surface area contributed by atoms with Crippen LogP contribution < -0.4 is 4.72 Å². The Kier molecular flexibility index (Phi) is 6.79. The highest BCUT2D eigenvalue weighted by atomic mass is 32.2. The van der Waals surface area contributed by atoms with Gasteiger partial charge in [-0.1, -0.05) is 13.0 Å². The van der Waals surface area contributed by atoms with Gasteiger partial charge in [0.25, 0.3) is 0 Å². The number of aromatic nitrogens is 3. The van der Waals surface area contributed by atoms with Gasteiger partial charge in [0, 0.05) is 17.8 Å². The van der Waals surface area contributed by atoms with Gasteiger partial charge in [-0.2, -0.15) is 23.2 Å². The minimum atomic E-state index is -4.77. The van der Waals surface area contributed by atoms with E-state index in [1.165, 1.54) is 19.1 Å². The van der Waals surface area contributed by atoms with Crippen LogP contribution in [-0.2, 0) is 16.4 Å². The number of nitrogens with one attached hydrogen (secondary N) is 1. The highest BCUT2D eigenvalue weighted by Crippen LogP contribution is 2.37. The Morgan fingerprint density at radius 1 is 1.19 bits per heavy atom. The van der Waals surface area contributed by atoms with Crippen molar-refractivity contribution >= 4 is 20.9 Å². The van der Waals surface area contributed by atoms with E-state index in [9.17, 15) is 31.2 Å². The summed E-state index contributed by atoms with van der Waals surface area (Å²) in [4.78, 5) is 8.15. The molecule has 3 aromatic heterocycles. The second-order valence-electron chi connectivity index (χ2n) is 8.39. The van der Waals surface area contributed by atoms with E-state index in [0.29, 0.717) is 35.6 Å². The van der Waals surface area contributed by atoms with Crippen molar-refractivity contribution in [1.29, 1.82) is 5.26 Å². The van der Waals surface area contributed by atoms with Crippen LogP contribution in [-0.4, -0.2) is 35.2 Å². The molecule has 0 saturated heterocycles. The van der Waals surface area contributed by atoms with E-state index in [1.54, 1.807) is 46.7 Å². The Morgan fingerprint density at radius 3 is 2.49 bits per heavy atom. The second kappa shape index (κ2) is 9.57. The molecule has 0 aliphatic carbocycles. The van der Waals surface area contributed by atoms with Gasteiger partial charge in [-0.15, -0.1) is 0 Å². The standard InChI is InChI=1S/C25H21F4N5O2S/c1-4-16-10-21-18(11-20(16)26)19(12-30)24(34(21)22-7-5-6-8-31-22)23-14(2)9-17(13-32-23)37(35,36)33-15(3)25(27,28)29/h5-11,13,15,33H,4H2,1-3H3. The van der Waals surface area contributed by atoms with E-state index >= 15 is 0 Å². The van der Waals surface area contributed by atoms with Gasteiger partial charge in [0.2, 0.25) is 10.0 Å². The van der Waals surface area contributed by atoms with Gasteiger partial charge >= 0.3 is 6.18 Å². The third-order valence-corrected chi connectivity index (χ3v) is 7.42. The molecule has 4 rings (SSSR count). The number of alkyl halides is 3. The summed E-state index contributed by atoms with van der Waals surface area (Å²) in [7, 11) is -4.55. The number of nitrogens with zero attached hydrogens (tertiary/aromatic N) is 4. The molecule has 12 heteroatoms. The molecule has 0 amide bonds. The number of halogens is 4. The third kappa shape index (κ3) is 4.80. The van der Waals surface area contributed by atoms with Crippen LogP contribution >= 0.6 is 0 Å². The van der Waals surface area contributed by atoms with Crippen LogP contribution in [0.2, 0.25) is 0 Å². The molecular formula is C25H21F4N5O2S. The number of rotatable bonds is 6. The minimum Gasteiger partial charge on any atom is -0.291 e. The summed E-state index contributed by atoms with van der Waals surface area (Å²) in [5, 5.41) is 10.4. The lowest BCUT2D eigenvalue weighted by Crippen LogP contribution is -2.43. The summed E-state index contributed by atoms with van der Waals surface area (Å²) in [5.41, 5.74) is 1.74. The lowest BCUT2D eigenvalue weighted by Gasteiger charge is -2.18. The highest BCUT2D eigenvalue weighted by Gasteiger charge is 2.39. The van der Waals surface area contributed by atoms with Gasteiger partial charge in [0.05, 0.1) is 22.5 Å². The van der Waals surface area contributed by atoms with Gasteiger partial charge in [-0.05, 0) is 61.7 Å². The molecule has 1 aromatic carbocycles. The number of hydrogen-bond acceptors (Lipinski definition) is 5. The lowest BCUT2D eigenvalue weighted by atomic mass is 10.0. The second-order valence-corrected chi connectivity index (χ2v) is 10.1. The van der Waals surface area contributed by atoms with Crippen LogP contribution in [0.1, 0.15) is 30.5 Å². The van der Waals surface area contributed by atoms with Crippen molar-refractivity contribution in [3.05, 3.63) is 71.3 Å². The first-order valence-electron chi connectivity index (χ1n) is 11.1. The summed E-state index contributed by atoms with van der Waals surface area (Å²) in [6.07, 6.45) is -1.90. The fourth-order valence-electron chi connectivity index (χ4n) is 3.99. The zero-order valence-corrected chi connectivity index (χ0v) is 20.7. The molecule has 4 aromatic rings. The van der Waals surface area contributed by atoms with Crippen molar-refractivity contribution in [3.8, 4) is 23.3 Å². The Balaban J connectivity index is 1.97. The zero-order chi connectivity index (χ0) is 27.1. The monoisotopic (exact) mass is 531 g/mol. The average molecular weight is 532 g/mol. The lowest BCUT2D eigenvalue weighted by molar-refractivity contribution is -0.147. The summed E-state index contributed by atoms with van der Waals surface area (Å²) in [5.74, 6) is -0.0663. The molecule has 1 atom stereocenters. The van der Waals surface area contributed by atoms with Gasteiger partial charge in [-0.3, -0.25) is 9.55 Å². The SMILES string of the molecule is CCc1cc2c(cc1F)c(C#N)c(-c1ncc(S(=O)(=O)NC(C)C(F)(F)F)cc1C)n2-c1ccccn1. The van der Waals surface area contributed by atoms with E-state index in [2.05, 4.69) is 16.0 Å². The molecule has 1 N–H and O–H groups in total. The number of hydrogen-bond donors (Lipinski definition) is 1. The Bertz CT molecular complexity index is 1640. The van der Waals surface area contributed by atoms with Gasteiger partial charge in [0.1, 0.15) is 28.6 Å². The number of fused-ring (bicyclic) bond motifs is 1. The van der Waals surface area contributed by atoms with Crippen molar-refractivity contribution in [2.45, 2.75) is 44.3 Å². The van der Waals surface area contributed by atoms with Crippen molar-refractivity contribution in [2.24, 2.45) is 0 Å². The number of sulfonamides is 1. The minimum absolute atomic E-state index is 0.0947. The molecule has 192 valence electrons. The fourth-order valence-corrected chi connectivity index (χ4v) is 5.25. The van der Waals surface area contributed by atoms with Crippen molar-refractivity contribution in [2.75, 3.05) is 0 Å². The predicted molar refractivity (Wildman–Crippen MR) is 129 cm³/mol. The molecular weight excluding hydrogens is 510 g/mol. The maximum atomic E-state index is 14.7. The zero-order valence-electron chi connectivity index (χ0n) is 19.9. The van der Waals surface area contributed by atoms with E-state index in [0.717, 1.165) is 6.20 Å². The van der Waals surface area contributed by atoms with Crippen molar-refractivity contribution in [1.82, 2.24) is 19.3 Å². The Morgan fingerprint density at radius 2 is 1.92 bits per heavy atom. The topological polar surface area (TPSA) is 101 Å². The van der Waals surface area contributed by atoms with Gasteiger partial charge < -0.3 is 0 Å². The summed E-state index contributed by atoms with van der Waals surface area (Å²) in [6.45, 7) is 4.01. The highest BCUT2D eigenvalue weighted by molar-refractivity contribution is 7.89. The normalized spacial score (nSPS) is 13.0. The van der Waals surface area contributed by atoms with Crippen LogP contribution in [0, 0.1) is 24.1 Å². The average Bonchev–Trinajstić information content (AvgIpc) is 3.15. The number of benzene rings is 1. The molecule has 3 heterocycles. The maximum Gasteiger partial charge on any atom is 0.404 e. The van der Waals surface area contributed by atoms with Gasteiger partial charge in [0.15, 0.2) is 0 Å². The number of nitriles is 1. The van der Waals surface area contributed by atoms with Crippen LogP contribution in [0.4, 0.5) is 17.6 Å². The first-order valence-corrected chi connectivity index (χ1v) is 12.6. The van der Waals surface area contributed by atoms with Crippen LogP contribution in [0.25, 0.3) is 28.1 Å². The quantitative estimate of drug-likeness (QED) is 0.345.